The summed E-state index contributed by atoms with van der Waals surface area (Å²) in [6.45, 7) is 2.34. The molecule has 2 atom stereocenters. The van der Waals surface area contributed by atoms with Gasteiger partial charge in [0, 0.05) is 6.54 Å². The molecule has 2 aromatic rings. The topological polar surface area (TPSA) is 60.5 Å². The minimum Gasteiger partial charge on any atom is -0.488 e. The summed E-state index contributed by atoms with van der Waals surface area (Å²) in [6.07, 6.45) is -0.709. The van der Waals surface area contributed by atoms with E-state index in [1.807, 2.05) is 37.3 Å². The third kappa shape index (κ3) is 3.59. The number of alkyl carbamates (subject to hydrolysis) is 1. The number of hydrogen-bond acceptors (Lipinski definition) is 4. The molecule has 23 heavy (non-hydrogen) atoms. The fraction of sp³-hybridized carbons (Fsp3) is 0.294. The predicted octanol–water partition coefficient (Wildman–Crippen LogP) is 3.01. The number of ether oxygens (including phenoxy) is 2. The Kier molecular flexibility index (Phi) is 4.41. The number of aromatic nitrogens is 1. The number of carbonyl (C=O) groups excluding carboxylic acids is 1. The van der Waals surface area contributed by atoms with Gasteiger partial charge in [0.1, 0.15) is 18.5 Å². The third-order valence-electron chi connectivity index (χ3n) is 3.76. The Morgan fingerprint density at radius 2 is 2.09 bits per heavy atom. The molecular formula is C17H17FN2O3. The molecule has 0 spiro atoms. The number of halogens is 1. The lowest BCUT2D eigenvalue weighted by Gasteiger charge is -2.15. The first kappa shape index (κ1) is 15.3. The standard InChI is InChI=1S/C17H17FN2O3/c1-11-13(16-14(23-11)7-8-15(18)20-16)9-19-17(21)22-10-12-5-3-2-4-6-12/h2-8,11,13H,9-10H2,1H3,(H,19,21)/t11-,13-/m1/s1. The Labute approximate surface area is 133 Å². The van der Waals surface area contributed by atoms with Crippen molar-refractivity contribution in [1.29, 1.82) is 0 Å². The van der Waals surface area contributed by atoms with E-state index >= 15 is 0 Å². The summed E-state index contributed by atoms with van der Waals surface area (Å²) in [7, 11) is 0. The number of carbonyl (C=O) groups is 1. The predicted molar refractivity (Wildman–Crippen MR) is 81.7 cm³/mol. The molecule has 1 aromatic heterocycles. The molecule has 2 heterocycles. The van der Waals surface area contributed by atoms with E-state index in [0.717, 1.165) is 5.56 Å². The normalized spacial score (nSPS) is 18.9. The summed E-state index contributed by atoms with van der Waals surface area (Å²) < 4.78 is 24.1. The van der Waals surface area contributed by atoms with E-state index in [0.29, 0.717) is 11.4 Å². The van der Waals surface area contributed by atoms with Gasteiger partial charge in [0.05, 0.1) is 11.6 Å². The fourth-order valence-corrected chi connectivity index (χ4v) is 2.54. The van der Waals surface area contributed by atoms with E-state index in [9.17, 15) is 9.18 Å². The lowest BCUT2D eigenvalue weighted by Crippen LogP contribution is -2.32. The largest absolute Gasteiger partial charge is 0.488 e. The van der Waals surface area contributed by atoms with Crippen molar-refractivity contribution in [3.8, 4) is 5.75 Å². The van der Waals surface area contributed by atoms with E-state index in [2.05, 4.69) is 10.3 Å². The van der Waals surface area contributed by atoms with Gasteiger partial charge in [-0.05, 0) is 24.6 Å². The molecule has 0 saturated carbocycles. The maximum absolute atomic E-state index is 13.3. The van der Waals surface area contributed by atoms with E-state index in [1.54, 1.807) is 6.07 Å². The van der Waals surface area contributed by atoms with Crippen molar-refractivity contribution >= 4 is 6.09 Å². The molecule has 0 aliphatic carbocycles. The van der Waals surface area contributed by atoms with Crippen molar-refractivity contribution in [3.63, 3.8) is 0 Å². The van der Waals surface area contributed by atoms with Gasteiger partial charge in [-0.3, -0.25) is 0 Å². The van der Waals surface area contributed by atoms with Gasteiger partial charge in [-0.1, -0.05) is 30.3 Å². The smallest absolute Gasteiger partial charge is 0.407 e. The van der Waals surface area contributed by atoms with Crippen LogP contribution in [0.3, 0.4) is 0 Å². The molecule has 0 saturated heterocycles. The molecule has 1 N–H and O–H groups in total. The Morgan fingerprint density at radius 1 is 1.30 bits per heavy atom. The van der Waals surface area contributed by atoms with Gasteiger partial charge in [-0.15, -0.1) is 0 Å². The van der Waals surface area contributed by atoms with Crippen molar-refractivity contribution in [2.24, 2.45) is 0 Å². The molecule has 0 unspecified atom stereocenters. The van der Waals surface area contributed by atoms with E-state index < -0.39 is 12.0 Å². The van der Waals surface area contributed by atoms with Crippen LogP contribution < -0.4 is 10.1 Å². The van der Waals surface area contributed by atoms with Crippen LogP contribution in [0.5, 0.6) is 5.75 Å². The highest BCUT2D eigenvalue weighted by Crippen LogP contribution is 2.36. The SMILES string of the molecule is C[C@H]1Oc2ccc(F)nc2[C@@H]1CNC(=O)OCc1ccccc1. The van der Waals surface area contributed by atoms with Gasteiger partial charge < -0.3 is 14.8 Å². The highest BCUT2D eigenvalue weighted by atomic mass is 19.1. The third-order valence-corrected chi connectivity index (χ3v) is 3.76. The maximum atomic E-state index is 13.3. The monoisotopic (exact) mass is 316 g/mol. The molecule has 0 fully saturated rings. The van der Waals surface area contributed by atoms with Crippen LogP contribution in [0.25, 0.3) is 0 Å². The summed E-state index contributed by atoms with van der Waals surface area (Å²) in [5.74, 6) is -0.202. The maximum Gasteiger partial charge on any atom is 0.407 e. The lowest BCUT2D eigenvalue weighted by molar-refractivity contribution is 0.137. The average Bonchev–Trinajstić information content (AvgIpc) is 2.86. The van der Waals surface area contributed by atoms with Crippen LogP contribution in [0.4, 0.5) is 9.18 Å². The number of nitrogens with zero attached hydrogens (tertiary/aromatic N) is 1. The van der Waals surface area contributed by atoms with Crippen LogP contribution in [-0.2, 0) is 11.3 Å². The molecule has 5 nitrogen and oxygen atoms in total. The Balaban J connectivity index is 1.54. The van der Waals surface area contributed by atoms with E-state index in [4.69, 9.17) is 9.47 Å². The molecule has 3 rings (SSSR count). The van der Waals surface area contributed by atoms with Crippen molar-refractivity contribution in [2.45, 2.75) is 25.6 Å². The molecule has 1 amide bonds. The number of hydrogen-bond donors (Lipinski definition) is 1. The van der Waals surface area contributed by atoms with Crippen molar-refractivity contribution in [1.82, 2.24) is 10.3 Å². The number of rotatable bonds is 4. The second-order valence-electron chi connectivity index (χ2n) is 5.39. The van der Waals surface area contributed by atoms with Gasteiger partial charge in [0.2, 0.25) is 5.95 Å². The van der Waals surface area contributed by atoms with Gasteiger partial charge >= 0.3 is 6.09 Å². The van der Waals surface area contributed by atoms with Crippen molar-refractivity contribution < 1.29 is 18.7 Å². The average molecular weight is 316 g/mol. The van der Waals surface area contributed by atoms with Crippen LogP contribution >= 0.6 is 0 Å². The quantitative estimate of drug-likeness (QED) is 0.881. The highest BCUT2D eigenvalue weighted by Gasteiger charge is 2.33. The summed E-state index contributed by atoms with van der Waals surface area (Å²) >= 11 is 0. The summed E-state index contributed by atoms with van der Waals surface area (Å²) in [4.78, 5) is 15.7. The first-order valence-electron chi connectivity index (χ1n) is 7.41. The number of benzene rings is 1. The highest BCUT2D eigenvalue weighted by molar-refractivity contribution is 5.67. The second kappa shape index (κ2) is 6.64. The number of amides is 1. The van der Waals surface area contributed by atoms with E-state index in [-0.39, 0.29) is 25.2 Å². The molecular weight excluding hydrogens is 299 g/mol. The first-order valence-corrected chi connectivity index (χ1v) is 7.41. The molecule has 0 radical (unpaired) electrons. The van der Waals surface area contributed by atoms with Crippen LogP contribution in [0, 0.1) is 5.95 Å². The molecule has 120 valence electrons. The van der Waals surface area contributed by atoms with Crippen molar-refractivity contribution in [2.75, 3.05) is 6.54 Å². The fourth-order valence-electron chi connectivity index (χ4n) is 2.54. The number of fused-ring (bicyclic) bond motifs is 1. The number of nitrogens with one attached hydrogen (secondary N) is 1. The Hall–Kier alpha value is -2.63. The Morgan fingerprint density at radius 3 is 2.87 bits per heavy atom. The van der Waals surface area contributed by atoms with Gasteiger partial charge in [0.15, 0.2) is 0 Å². The Bertz CT molecular complexity index is 693. The number of pyridine rings is 1. The minimum atomic E-state index is -0.557. The zero-order chi connectivity index (χ0) is 16.2. The summed E-state index contributed by atoms with van der Waals surface area (Å²) in [5, 5.41) is 2.68. The second-order valence-corrected chi connectivity index (χ2v) is 5.39. The van der Waals surface area contributed by atoms with Crippen LogP contribution in [0.2, 0.25) is 0 Å². The summed E-state index contributed by atoms with van der Waals surface area (Å²) in [6, 6.07) is 12.2. The van der Waals surface area contributed by atoms with Crippen molar-refractivity contribution in [3.05, 3.63) is 59.7 Å². The van der Waals surface area contributed by atoms with Gasteiger partial charge in [0.25, 0.3) is 0 Å². The molecule has 1 aliphatic heterocycles. The summed E-state index contributed by atoms with van der Waals surface area (Å²) in [5.41, 5.74) is 1.44. The van der Waals surface area contributed by atoms with Crippen LogP contribution in [0.15, 0.2) is 42.5 Å². The van der Waals surface area contributed by atoms with Crippen LogP contribution in [-0.4, -0.2) is 23.7 Å². The molecule has 0 bridgehead atoms. The molecule has 1 aliphatic rings. The zero-order valence-electron chi connectivity index (χ0n) is 12.7. The first-order chi connectivity index (χ1) is 11.1. The van der Waals surface area contributed by atoms with Gasteiger partial charge in [-0.25, -0.2) is 9.78 Å². The van der Waals surface area contributed by atoms with Gasteiger partial charge in [-0.2, -0.15) is 4.39 Å². The van der Waals surface area contributed by atoms with Crippen LogP contribution in [0.1, 0.15) is 24.1 Å². The van der Waals surface area contributed by atoms with E-state index in [1.165, 1.54) is 6.07 Å². The molecule has 6 heteroatoms. The molecule has 1 aromatic carbocycles. The zero-order valence-corrected chi connectivity index (χ0v) is 12.7. The minimum absolute atomic E-state index is 0.186. The lowest BCUT2D eigenvalue weighted by atomic mass is 10.0.